The number of nitriles is 1. The van der Waals surface area contributed by atoms with Crippen LogP contribution in [0.1, 0.15) is 16.7 Å². The van der Waals surface area contributed by atoms with Crippen molar-refractivity contribution in [2.75, 3.05) is 0 Å². The van der Waals surface area contributed by atoms with Crippen LogP contribution in [0.5, 0.6) is 11.5 Å². The number of hydrogen-bond donors (Lipinski definition) is 0. The summed E-state index contributed by atoms with van der Waals surface area (Å²) in [6.07, 6.45) is -4.81. The average molecular weight is 295 g/mol. The van der Waals surface area contributed by atoms with Gasteiger partial charge >= 0.3 is 6.18 Å². The van der Waals surface area contributed by atoms with Gasteiger partial charge in [-0.15, -0.1) is 0 Å². The smallest absolute Gasteiger partial charge is 0.419 e. The van der Waals surface area contributed by atoms with E-state index in [0.717, 1.165) is 6.07 Å². The van der Waals surface area contributed by atoms with Crippen LogP contribution in [0.25, 0.3) is 0 Å². The lowest BCUT2D eigenvalue weighted by Crippen LogP contribution is -2.08. The molecule has 0 N–H and O–H groups in total. The zero-order valence-corrected chi connectivity index (χ0v) is 10.8. The summed E-state index contributed by atoms with van der Waals surface area (Å²) >= 11 is 0. The highest BCUT2D eigenvalue weighted by Gasteiger charge is 2.34. The summed E-state index contributed by atoms with van der Waals surface area (Å²) in [5.74, 6) is -1.41. The van der Waals surface area contributed by atoms with Crippen molar-refractivity contribution in [1.29, 1.82) is 5.26 Å². The van der Waals surface area contributed by atoms with Gasteiger partial charge in [0.15, 0.2) is 0 Å². The van der Waals surface area contributed by atoms with Crippen LogP contribution in [-0.4, -0.2) is 0 Å². The van der Waals surface area contributed by atoms with E-state index in [9.17, 15) is 17.6 Å². The van der Waals surface area contributed by atoms with E-state index >= 15 is 0 Å². The van der Waals surface area contributed by atoms with Crippen LogP contribution in [0.2, 0.25) is 0 Å². The van der Waals surface area contributed by atoms with E-state index < -0.39 is 17.6 Å². The van der Waals surface area contributed by atoms with Gasteiger partial charge in [0.25, 0.3) is 0 Å². The highest BCUT2D eigenvalue weighted by atomic mass is 19.4. The number of alkyl halides is 3. The molecule has 0 amide bonds. The molecule has 0 aliphatic rings. The number of hydrogen-bond acceptors (Lipinski definition) is 2. The summed E-state index contributed by atoms with van der Waals surface area (Å²) in [4.78, 5) is 0. The zero-order valence-electron chi connectivity index (χ0n) is 10.8. The van der Waals surface area contributed by atoms with Gasteiger partial charge in [0.05, 0.1) is 11.1 Å². The van der Waals surface area contributed by atoms with Crippen molar-refractivity contribution in [2.45, 2.75) is 13.1 Å². The molecule has 21 heavy (non-hydrogen) atoms. The molecule has 0 atom stereocenters. The van der Waals surface area contributed by atoms with Crippen LogP contribution in [0.4, 0.5) is 17.6 Å². The molecule has 0 fully saturated rings. The van der Waals surface area contributed by atoms with E-state index in [1.807, 2.05) is 6.07 Å². The second kappa shape index (κ2) is 5.44. The second-order valence-electron chi connectivity index (χ2n) is 4.30. The van der Waals surface area contributed by atoms with Crippen molar-refractivity contribution in [3.05, 3.63) is 58.9 Å². The standard InChI is InChI=1S/C15H9F4NO/c1-9-3-2-4-10(8-20)14(9)21-11-5-6-13(16)12(7-11)15(17,18)19/h2-7H,1H3. The van der Waals surface area contributed by atoms with Gasteiger partial charge in [-0.2, -0.15) is 18.4 Å². The van der Waals surface area contributed by atoms with Crippen molar-refractivity contribution >= 4 is 0 Å². The number of aryl methyl sites for hydroxylation is 1. The maximum atomic E-state index is 13.2. The topological polar surface area (TPSA) is 33.0 Å². The molecule has 0 aliphatic carbocycles. The first-order valence-corrected chi connectivity index (χ1v) is 5.87. The van der Waals surface area contributed by atoms with Crippen LogP contribution in [-0.2, 0) is 6.18 Å². The Morgan fingerprint density at radius 2 is 1.86 bits per heavy atom. The third-order valence-corrected chi connectivity index (χ3v) is 2.80. The monoisotopic (exact) mass is 295 g/mol. The third kappa shape index (κ3) is 3.14. The molecule has 0 radical (unpaired) electrons. The van der Waals surface area contributed by atoms with Gasteiger partial charge in [-0.3, -0.25) is 0 Å². The molecule has 0 unspecified atom stereocenters. The van der Waals surface area contributed by atoms with Gasteiger partial charge in [0.2, 0.25) is 0 Å². The SMILES string of the molecule is Cc1cccc(C#N)c1Oc1ccc(F)c(C(F)(F)F)c1. The zero-order chi connectivity index (χ0) is 15.6. The van der Waals surface area contributed by atoms with Gasteiger partial charge in [-0.1, -0.05) is 12.1 Å². The lowest BCUT2D eigenvalue weighted by atomic mass is 10.1. The Hall–Kier alpha value is -2.55. The lowest BCUT2D eigenvalue weighted by molar-refractivity contribution is -0.140. The summed E-state index contributed by atoms with van der Waals surface area (Å²) in [7, 11) is 0. The number of halogens is 4. The minimum absolute atomic E-state index is 0.153. The van der Waals surface area contributed by atoms with Crippen molar-refractivity contribution < 1.29 is 22.3 Å². The summed E-state index contributed by atoms with van der Waals surface area (Å²) < 4.78 is 56.5. The van der Waals surface area contributed by atoms with Crippen molar-refractivity contribution in [3.8, 4) is 17.6 Å². The van der Waals surface area contributed by atoms with E-state index in [-0.39, 0.29) is 17.1 Å². The van der Waals surface area contributed by atoms with E-state index in [2.05, 4.69) is 0 Å². The molecule has 0 saturated heterocycles. The molecule has 0 heterocycles. The molecule has 0 aliphatic heterocycles. The molecule has 0 spiro atoms. The highest BCUT2D eigenvalue weighted by molar-refractivity contribution is 5.50. The van der Waals surface area contributed by atoms with Crippen LogP contribution >= 0.6 is 0 Å². The Balaban J connectivity index is 2.45. The molecule has 2 aromatic rings. The molecule has 2 aromatic carbocycles. The Kier molecular flexibility index (Phi) is 3.85. The van der Waals surface area contributed by atoms with Gasteiger partial charge in [0, 0.05) is 0 Å². The van der Waals surface area contributed by atoms with E-state index in [1.54, 1.807) is 19.1 Å². The van der Waals surface area contributed by atoms with Crippen molar-refractivity contribution in [1.82, 2.24) is 0 Å². The van der Waals surface area contributed by atoms with E-state index in [1.165, 1.54) is 6.07 Å². The molecule has 0 bridgehead atoms. The minimum Gasteiger partial charge on any atom is -0.456 e. The third-order valence-electron chi connectivity index (χ3n) is 2.80. The largest absolute Gasteiger partial charge is 0.456 e. The maximum Gasteiger partial charge on any atom is 0.419 e. The Labute approximate surface area is 118 Å². The number of nitrogens with zero attached hydrogens (tertiary/aromatic N) is 1. The summed E-state index contributed by atoms with van der Waals surface area (Å²) in [5.41, 5.74) is -0.632. The Bertz CT molecular complexity index is 717. The fraction of sp³-hybridized carbons (Fsp3) is 0.133. The van der Waals surface area contributed by atoms with Crippen LogP contribution in [0, 0.1) is 24.1 Å². The van der Waals surface area contributed by atoms with Crippen LogP contribution in [0.15, 0.2) is 36.4 Å². The normalized spacial score (nSPS) is 11.0. The van der Waals surface area contributed by atoms with Gasteiger partial charge < -0.3 is 4.74 Å². The predicted octanol–water partition coefficient (Wildman–Crippen LogP) is 4.82. The van der Waals surface area contributed by atoms with Crippen LogP contribution < -0.4 is 4.74 Å². The second-order valence-corrected chi connectivity index (χ2v) is 4.30. The predicted molar refractivity (Wildman–Crippen MR) is 67.4 cm³/mol. The lowest BCUT2D eigenvalue weighted by Gasteiger charge is -2.13. The number of benzene rings is 2. The van der Waals surface area contributed by atoms with Crippen molar-refractivity contribution in [2.24, 2.45) is 0 Å². The fourth-order valence-corrected chi connectivity index (χ4v) is 1.78. The summed E-state index contributed by atoms with van der Waals surface area (Å²) in [5, 5.41) is 8.98. The summed E-state index contributed by atoms with van der Waals surface area (Å²) in [6.45, 7) is 1.66. The van der Waals surface area contributed by atoms with Gasteiger partial charge in [-0.25, -0.2) is 4.39 Å². The van der Waals surface area contributed by atoms with E-state index in [4.69, 9.17) is 10.00 Å². The highest BCUT2D eigenvalue weighted by Crippen LogP contribution is 2.36. The molecule has 0 aromatic heterocycles. The molecule has 2 nitrogen and oxygen atoms in total. The number of rotatable bonds is 2. The van der Waals surface area contributed by atoms with Crippen LogP contribution in [0.3, 0.4) is 0 Å². The Morgan fingerprint density at radius 1 is 1.14 bits per heavy atom. The summed E-state index contributed by atoms with van der Waals surface area (Å²) in [6, 6.07) is 9.00. The molecule has 2 rings (SSSR count). The van der Waals surface area contributed by atoms with Gasteiger partial charge in [-0.05, 0) is 36.8 Å². The van der Waals surface area contributed by atoms with Gasteiger partial charge in [0.1, 0.15) is 23.4 Å². The Morgan fingerprint density at radius 3 is 2.48 bits per heavy atom. The first-order chi connectivity index (χ1) is 9.82. The molecule has 0 saturated carbocycles. The molecule has 6 heteroatoms. The average Bonchev–Trinajstić information content (AvgIpc) is 2.41. The fourth-order valence-electron chi connectivity index (χ4n) is 1.78. The molecular formula is C15H9F4NO. The first-order valence-electron chi connectivity index (χ1n) is 5.87. The quantitative estimate of drug-likeness (QED) is 0.744. The number of para-hydroxylation sites is 1. The molecular weight excluding hydrogens is 286 g/mol. The van der Waals surface area contributed by atoms with E-state index in [0.29, 0.717) is 17.7 Å². The maximum absolute atomic E-state index is 13.2. The minimum atomic E-state index is -4.81. The van der Waals surface area contributed by atoms with Crippen molar-refractivity contribution in [3.63, 3.8) is 0 Å². The number of ether oxygens (including phenoxy) is 1. The first kappa shape index (κ1) is 14.9. The molecule has 108 valence electrons.